The highest BCUT2D eigenvalue weighted by atomic mass is 32.2. The zero-order chi connectivity index (χ0) is 13.0. The Balaban J connectivity index is 2.28. The third-order valence-corrected chi connectivity index (χ3v) is 3.37. The highest BCUT2D eigenvalue weighted by Crippen LogP contribution is 2.29. The molecule has 1 aromatic rings. The Kier molecular flexibility index (Phi) is 4.17. The number of carbonyl (C=O) groups excluding carboxylic acids is 1. The second-order valence-corrected chi connectivity index (χ2v) is 5.21. The van der Waals surface area contributed by atoms with E-state index in [9.17, 15) is 4.79 Å². The maximum absolute atomic E-state index is 11.6. The van der Waals surface area contributed by atoms with Gasteiger partial charge >= 0.3 is 0 Å². The van der Waals surface area contributed by atoms with E-state index >= 15 is 0 Å². The van der Waals surface area contributed by atoms with Crippen molar-refractivity contribution in [3.63, 3.8) is 0 Å². The fraction of sp³-hybridized carbons (Fsp3) is 0.0769. The minimum atomic E-state index is -0.163. The zero-order valence-electron chi connectivity index (χ0n) is 9.51. The minimum absolute atomic E-state index is 0.163. The maximum atomic E-state index is 11.6. The molecule has 0 atom stereocenters. The molecule has 1 aliphatic heterocycles. The molecule has 1 aliphatic rings. The average molecular weight is 277 g/mol. The van der Waals surface area contributed by atoms with E-state index in [-0.39, 0.29) is 5.91 Å². The van der Waals surface area contributed by atoms with E-state index < -0.39 is 0 Å². The van der Waals surface area contributed by atoms with Gasteiger partial charge in [-0.15, -0.1) is 0 Å². The number of carbonyl (C=O) groups is 1. The van der Waals surface area contributed by atoms with Crippen LogP contribution < -0.4 is 10.1 Å². The van der Waals surface area contributed by atoms with Crippen LogP contribution >= 0.6 is 24.0 Å². The van der Waals surface area contributed by atoms with Crippen LogP contribution in [-0.2, 0) is 4.79 Å². The van der Waals surface area contributed by atoms with Crippen molar-refractivity contribution < 1.29 is 9.53 Å². The van der Waals surface area contributed by atoms with Crippen molar-refractivity contribution in [3.05, 3.63) is 47.4 Å². The summed E-state index contributed by atoms with van der Waals surface area (Å²) in [6, 6.07) is 7.52. The monoisotopic (exact) mass is 277 g/mol. The van der Waals surface area contributed by atoms with Gasteiger partial charge in [-0.1, -0.05) is 54.8 Å². The van der Waals surface area contributed by atoms with Crippen molar-refractivity contribution in [2.75, 3.05) is 6.61 Å². The lowest BCUT2D eigenvalue weighted by Crippen LogP contribution is -2.17. The number of benzene rings is 1. The Morgan fingerprint density at radius 3 is 2.89 bits per heavy atom. The van der Waals surface area contributed by atoms with Gasteiger partial charge in [-0.25, -0.2) is 0 Å². The van der Waals surface area contributed by atoms with Gasteiger partial charge in [-0.3, -0.25) is 4.79 Å². The van der Waals surface area contributed by atoms with Gasteiger partial charge < -0.3 is 10.1 Å². The van der Waals surface area contributed by atoms with Crippen LogP contribution in [0, 0.1) is 0 Å². The van der Waals surface area contributed by atoms with Crippen LogP contribution in [0.15, 0.2) is 41.8 Å². The van der Waals surface area contributed by atoms with Gasteiger partial charge in [0.1, 0.15) is 16.7 Å². The minimum Gasteiger partial charge on any atom is -0.489 e. The highest BCUT2D eigenvalue weighted by molar-refractivity contribution is 8.26. The largest absolute Gasteiger partial charge is 0.489 e. The third kappa shape index (κ3) is 3.00. The SMILES string of the molecule is C=CCOc1ccccc1/C=C1\SC(=S)NC1=O. The van der Waals surface area contributed by atoms with Gasteiger partial charge in [-0.2, -0.15) is 0 Å². The van der Waals surface area contributed by atoms with E-state index in [0.717, 1.165) is 11.3 Å². The second-order valence-electron chi connectivity index (χ2n) is 3.49. The number of nitrogens with one attached hydrogen (secondary N) is 1. The number of hydrogen-bond donors (Lipinski definition) is 1. The zero-order valence-corrected chi connectivity index (χ0v) is 11.1. The lowest BCUT2D eigenvalue weighted by Gasteiger charge is -2.06. The summed E-state index contributed by atoms with van der Waals surface area (Å²) in [6.07, 6.45) is 3.45. The number of rotatable bonds is 4. The Bertz CT molecular complexity index is 538. The summed E-state index contributed by atoms with van der Waals surface area (Å²) in [5, 5.41) is 2.58. The molecule has 0 spiro atoms. The van der Waals surface area contributed by atoms with Crippen LogP contribution in [0.4, 0.5) is 0 Å². The van der Waals surface area contributed by atoms with Gasteiger partial charge in [-0.05, 0) is 12.1 Å². The number of ether oxygens (including phenoxy) is 1. The van der Waals surface area contributed by atoms with E-state index in [1.807, 2.05) is 24.3 Å². The quantitative estimate of drug-likeness (QED) is 0.522. The molecule has 0 aliphatic carbocycles. The average Bonchev–Trinajstić information content (AvgIpc) is 2.67. The van der Waals surface area contributed by atoms with E-state index in [4.69, 9.17) is 17.0 Å². The lowest BCUT2D eigenvalue weighted by atomic mass is 10.2. The number of amides is 1. The Labute approximate surface area is 115 Å². The first-order valence-corrected chi connectivity index (χ1v) is 6.51. The van der Waals surface area contributed by atoms with E-state index in [1.165, 1.54) is 11.8 Å². The second kappa shape index (κ2) is 5.84. The first-order valence-electron chi connectivity index (χ1n) is 5.28. The molecule has 2 rings (SSSR count). The molecule has 1 N–H and O–H groups in total. The van der Waals surface area contributed by atoms with Gasteiger partial charge in [0.2, 0.25) is 0 Å². The van der Waals surface area contributed by atoms with Gasteiger partial charge in [0.15, 0.2) is 0 Å². The number of para-hydroxylation sites is 1. The van der Waals surface area contributed by atoms with Crippen LogP contribution in [-0.4, -0.2) is 16.8 Å². The molecule has 1 amide bonds. The topological polar surface area (TPSA) is 38.3 Å². The summed E-state index contributed by atoms with van der Waals surface area (Å²) in [6.45, 7) is 4.03. The molecule has 1 fully saturated rings. The molecule has 0 bridgehead atoms. The first-order chi connectivity index (χ1) is 8.70. The molecule has 0 unspecified atom stereocenters. The number of thioether (sulfide) groups is 1. The van der Waals surface area contributed by atoms with E-state index in [0.29, 0.717) is 15.8 Å². The summed E-state index contributed by atoms with van der Waals surface area (Å²) in [7, 11) is 0. The van der Waals surface area contributed by atoms with Crippen molar-refractivity contribution in [2.24, 2.45) is 0 Å². The van der Waals surface area contributed by atoms with Crippen molar-refractivity contribution in [3.8, 4) is 5.75 Å². The number of thiocarbonyl (C=S) groups is 1. The van der Waals surface area contributed by atoms with Crippen molar-refractivity contribution in [1.29, 1.82) is 0 Å². The summed E-state index contributed by atoms with van der Waals surface area (Å²) in [5.74, 6) is 0.555. The Hall–Kier alpha value is -1.59. The Morgan fingerprint density at radius 2 is 2.22 bits per heavy atom. The molecule has 1 heterocycles. The van der Waals surface area contributed by atoms with Crippen LogP contribution in [0.25, 0.3) is 6.08 Å². The molecular weight excluding hydrogens is 266 g/mol. The molecule has 5 heteroatoms. The predicted octanol–water partition coefficient (Wildman–Crippen LogP) is 2.74. The maximum Gasteiger partial charge on any atom is 0.263 e. The molecule has 1 saturated heterocycles. The first kappa shape index (κ1) is 12.9. The van der Waals surface area contributed by atoms with Crippen molar-refractivity contribution in [1.82, 2.24) is 5.32 Å². The predicted molar refractivity (Wildman–Crippen MR) is 78.4 cm³/mol. The highest BCUT2D eigenvalue weighted by Gasteiger charge is 2.22. The van der Waals surface area contributed by atoms with Gasteiger partial charge in [0.25, 0.3) is 5.91 Å². The molecule has 1 aromatic carbocycles. The molecule has 18 heavy (non-hydrogen) atoms. The molecule has 0 saturated carbocycles. The third-order valence-electron chi connectivity index (χ3n) is 2.20. The molecular formula is C13H11NO2S2. The fourth-order valence-electron chi connectivity index (χ4n) is 1.44. The van der Waals surface area contributed by atoms with Gasteiger partial charge in [0, 0.05) is 5.56 Å². The van der Waals surface area contributed by atoms with Crippen LogP contribution in [0.3, 0.4) is 0 Å². The molecule has 3 nitrogen and oxygen atoms in total. The normalized spacial score (nSPS) is 16.8. The van der Waals surface area contributed by atoms with Crippen LogP contribution in [0.1, 0.15) is 5.56 Å². The smallest absolute Gasteiger partial charge is 0.263 e. The van der Waals surface area contributed by atoms with Crippen molar-refractivity contribution in [2.45, 2.75) is 0 Å². The molecule has 92 valence electrons. The van der Waals surface area contributed by atoms with Gasteiger partial charge in [0.05, 0.1) is 4.91 Å². The van der Waals surface area contributed by atoms with Crippen LogP contribution in [0.5, 0.6) is 5.75 Å². The lowest BCUT2D eigenvalue weighted by molar-refractivity contribution is -0.115. The summed E-state index contributed by atoms with van der Waals surface area (Å²) < 4.78 is 6.00. The van der Waals surface area contributed by atoms with Crippen LogP contribution in [0.2, 0.25) is 0 Å². The van der Waals surface area contributed by atoms with E-state index in [2.05, 4.69) is 11.9 Å². The number of hydrogen-bond acceptors (Lipinski definition) is 4. The summed E-state index contributed by atoms with van der Waals surface area (Å²) in [5.41, 5.74) is 0.849. The summed E-state index contributed by atoms with van der Waals surface area (Å²) >= 11 is 6.20. The standard InChI is InChI=1S/C13H11NO2S2/c1-2-7-16-10-6-4-3-5-9(10)8-11-12(15)14-13(17)18-11/h2-6,8H,1,7H2,(H,14,15,17)/b11-8-. The molecule has 0 radical (unpaired) electrons. The summed E-state index contributed by atoms with van der Waals surface area (Å²) in [4.78, 5) is 12.1. The van der Waals surface area contributed by atoms with E-state index in [1.54, 1.807) is 12.2 Å². The molecule has 0 aromatic heterocycles. The fourth-order valence-corrected chi connectivity index (χ4v) is 2.48. The van der Waals surface area contributed by atoms with Crippen molar-refractivity contribution >= 4 is 40.3 Å². The Morgan fingerprint density at radius 1 is 1.44 bits per heavy atom.